The van der Waals surface area contributed by atoms with E-state index in [1.807, 2.05) is 17.1 Å². The van der Waals surface area contributed by atoms with E-state index in [1.54, 1.807) is 0 Å². The molecule has 0 bridgehead atoms. The van der Waals surface area contributed by atoms with Crippen molar-refractivity contribution in [2.75, 3.05) is 0 Å². The zero-order valence-electron chi connectivity index (χ0n) is 12.4. The first kappa shape index (κ1) is 14.4. The zero-order chi connectivity index (χ0) is 14.9. The molecule has 1 aliphatic carbocycles. The first-order valence-electron chi connectivity index (χ1n) is 7.03. The van der Waals surface area contributed by atoms with Crippen LogP contribution in [0.25, 0.3) is 0 Å². The second-order valence-electron chi connectivity index (χ2n) is 6.22. The Balaban J connectivity index is 1.63. The summed E-state index contributed by atoms with van der Waals surface area (Å²) in [5.41, 5.74) is 1.15. The van der Waals surface area contributed by atoms with Crippen LogP contribution in [-0.4, -0.2) is 35.7 Å². The Labute approximate surface area is 127 Å². The minimum Gasteiger partial charge on any atom is -0.308 e. The quantitative estimate of drug-likeness (QED) is 0.844. The van der Waals surface area contributed by atoms with Crippen molar-refractivity contribution in [1.29, 1.82) is 0 Å². The summed E-state index contributed by atoms with van der Waals surface area (Å²) >= 11 is 1.41. The Morgan fingerprint density at radius 3 is 2.62 bits per heavy atom. The molecule has 0 saturated heterocycles. The molecule has 21 heavy (non-hydrogen) atoms. The van der Waals surface area contributed by atoms with Gasteiger partial charge in [0, 0.05) is 30.0 Å². The van der Waals surface area contributed by atoms with Crippen LogP contribution in [0.3, 0.4) is 0 Å². The van der Waals surface area contributed by atoms with E-state index in [9.17, 15) is 0 Å². The van der Waals surface area contributed by atoms with E-state index < -0.39 is 0 Å². The first-order chi connectivity index (χ1) is 10.0. The normalized spacial score (nSPS) is 15.4. The topological polar surface area (TPSA) is 81.4 Å². The molecule has 1 aliphatic rings. The van der Waals surface area contributed by atoms with Crippen LogP contribution in [0.15, 0.2) is 22.7 Å². The molecule has 1 N–H and O–H groups in total. The average Bonchev–Trinajstić information content (AvgIpc) is 3.18. The second-order valence-corrected chi connectivity index (χ2v) is 7.15. The summed E-state index contributed by atoms with van der Waals surface area (Å²) in [6, 6.07) is 0.456. The van der Waals surface area contributed by atoms with E-state index >= 15 is 0 Å². The minimum atomic E-state index is 0.0831. The van der Waals surface area contributed by atoms with Gasteiger partial charge in [0.05, 0.1) is 6.04 Å². The molecular weight excluding hydrogens is 286 g/mol. The summed E-state index contributed by atoms with van der Waals surface area (Å²) < 4.78 is 1.86. The molecule has 0 unspecified atom stereocenters. The molecule has 0 spiro atoms. The second kappa shape index (κ2) is 5.69. The van der Waals surface area contributed by atoms with Crippen LogP contribution in [0.4, 0.5) is 0 Å². The highest BCUT2D eigenvalue weighted by molar-refractivity contribution is 7.99. The minimum absolute atomic E-state index is 0.0831. The molecule has 0 radical (unpaired) electrons. The van der Waals surface area contributed by atoms with Crippen LogP contribution in [0.1, 0.15) is 45.2 Å². The maximum atomic E-state index is 4.38. The van der Waals surface area contributed by atoms with Crippen LogP contribution >= 0.6 is 11.8 Å². The van der Waals surface area contributed by atoms with Gasteiger partial charge in [0.1, 0.15) is 0 Å². The lowest BCUT2D eigenvalue weighted by Crippen LogP contribution is -2.35. The van der Waals surface area contributed by atoms with Gasteiger partial charge in [-0.05, 0) is 55.8 Å². The van der Waals surface area contributed by atoms with Gasteiger partial charge in [-0.1, -0.05) is 0 Å². The van der Waals surface area contributed by atoms with Crippen molar-refractivity contribution >= 4 is 11.8 Å². The smallest absolute Gasteiger partial charge is 0.217 e. The van der Waals surface area contributed by atoms with Gasteiger partial charge >= 0.3 is 0 Å². The highest BCUT2D eigenvalue weighted by Gasteiger charge is 2.28. The largest absolute Gasteiger partial charge is 0.308 e. The molecule has 0 amide bonds. The predicted octanol–water partition coefficient (Wildman–Crippen LogP) is 1.84. The number of hydrogen-bond donors (Lipinski definition) is 1. The van der Waals surface area contributed by atoms with Gasteiger partial charge in [-0.25, -0.2) is 14.6 Å². The fourth-order valence-corrected chi connectivity index (χ4v) is 2.47. The van der Waals surface area contributed by atoms with Crippen LogP contribution in [0.5, 0.6) is 0 Å². The zero-order valence-corrected chi connectivity index (χ0v) is 13.3. The van der Waals surface area contributed by atoms with Crippen LogP contribution in [-0.2, 0) is 6.54 Å². The summed E-state index contributed by atoms with van der Waals surface area (Å²) in [6.45, 7) is 7.16. The van der Waals surface area contributed by atoms with Crippen molar-refractivity contribution in [3.8, 4) is 0 Å². The molecule has 0 aromatic carbocycles. The van der Waals surface area contributed by atoms with Gasteiger partial charge in [-0.15, -0.1) is 5.10 Å². The summed E-state index contributed by atoms with van der Waals surface area (Å²) in [5, 5.41) is 16.6. The van der Waals surface area contributed by atoms with E-state index in [4.69, 9.17) is 0 Å². The lowest BCUT2D eigenvalue weighted by atomic mass is 10.1. The molecular formula is C13H19N7S. The first-order valence-corrected chi connectivity index (χ1v) is 7.84. The van der Waals surface area contributed by atoms with Gasteiger partial charge in [-0.2, -0.15) is 0 Å². The van der Waals surface area contributed by atoms with E-state index in [1.165, 1.54) is 11.8 Å². The van der Waals surface area contributed by atoms with Crippen molar-refractivity contribution in [3.63, 3.8) is 0 Å². The SMILES string of the molecule is CC(C)(C)NCc1cnc(Sc2nnnn2C2CC2)nc1. The fraction of sp³-hybridized carbons (Fsp3) is 0.615. The molecule has 2 aromatic heterocycles. The van der Waals surface area contributed by atoms with Gasteiger partial charge in [0.25, 0.3) is 0 Å². The number of hydrogen-bond acceptors (Lipinski definition) is 7. The number of nitrogens with zero attached hydrogens (tertiary/aromatic N) is 6. The van der Waals surface area contributed by atoms with Crippen molar-refractivity contribution in [3.05, 3.63) is 18.0 Å². The monoisotopic (exact) mass is 305 g/mol. The molecule has 7 nitrogen and oxygen atoms in total. The fourth-order valence-electron chi connectivity index (χ4n) is 1.74. The molecule has 1 saturated carbocycles. The summed E-state index contributed by atoms with van der Waals surface area (Å²) in [4.78, 5) is 8.76. The summed E-state index contributed by atoms with van der Waals surface area (Å²) in [6.07, 6.45) is 5.99. The molecule has 2 heterocycles. The lowest BCUT2D eigenvalue weighted by molar-refractivity contribution is 0.423. The molecule has 2 aromatic rings. The number of aromatic nitrogens is 6. The van der Waals surface area contributed by atoms with Crippen molar-refractivity contribution in [2.45, 2.75) is 62.1 Å². The Hall–Kier alpha value is -1.54. The van der Waals surface area contributed by atoms with Crippen LogP contribution in [0, 0.1) is 0 Å². The van der Waals surface area contributed by atoms with Crippen molar-refractivity contribution < 1.29 is 0 Å². The number of tetrazole rings is 1. The Bertz CT molecular complexity index is 598. The summed E-state index contributed by atoms with van der Waals surface area (Å²) in [5.74, 6) is 0. The maximum absolute atomic E-state index is 4.38. The lowest BCUT2D eigenvalue weighted by Gasteiger charge is -2.20. The van der Waals surface area contributed by atoms with E-state index in [2.05, 4.69) is 51.6 Å². The molecule has 3 rings (SSSR count). The van der Waals surface area contributed by atoms with E-state index in [0.717, 1.165) is 30.1 Å². The van der Waals surface area contributed by atoms with Crippen molar-refractivity contribution in [2.24, 2.45) is 0 Å². The molecule has 0 atom stereocenters. The highest BCUT2D eigenvalue weighted by Crippen LogP contribution is 2.37. The van der Waals surface area contributed by atoms with Gasteiger partial charge in [0.2, 0.25) is 5.16 Å². The summed E-state index contributed by atoms with van der Waals surface area (Å²) in [7, 11) is 0. The van der Waals surface area contributed by atoms with Crippen LogP contribution < -0.4 is 5.32 Å². The third-order valence-electron chi connectivity index (χ3n) is 3.04. The van der Waals surface area contributed by atoms with E-state index in [0.29, 0.717) is 11.2 Å². The van der Waals surface area contributed by atoms with E-state index in [-0.39, 0.29) is 5.54 Å². The molecule has 112 valence electrons. The standard InChI is InChI=1S/C13H19N7S/c1-13(2,3)16-8-9-6-14-11(15-7-9)21-12-17-18-19-20(12)10-4-5-10/h6-7,10,16H,4-5,8H2,1-3H3. The molecule has 8 heteroatoms. The van der Waals surface area contributed by atoms with Gasteiger partial charge in [-0.3, -0.25) is 0 Å². The van der Waals surface area contributed by atoms with Gasteiger partial charge < -0.3 is 5.32 Å². The third kappa shape index (κ3) is 3.98. The average molecular weight is 305 g/mol. The Morgan fingerprint density at radius 2 is 2.00 bits per heavy atom. The number of nitrogens with one attached hydrogen (secondary N) is 1. The van der Waals surface area contributed by atoms with Gasteiger partial charge in [0.15, 0.2) is 5.16 Å². The highest BCUT2D eigenvalue weighted by atomic mass is 32.2. The maximum Gasteiger partial charge on any atom is 0.217 e. The van der Waals surface area contributed by atoms with Crippen LogP contribution in [0.2, 0.25) is 0 Å². The number of rotatable bonds is 5. The van der Waals surface area contributed by atoms with Crippen molar-refractivity contribution in [1.82, 2.24) is 35.5 Å². The Morgan fingerprint density at radius 1 is 1.29 bits per heavy atom. The molecule has 0 aliphatic heterocycles. The molecule has 1 fully saturated rings. The Kier molecular flexibility index (Phi) is 3.90. The third-order valence-corrected chi connectivity index (χ3v) is 3.89. The predicted molar refractivity (Wildman–Crippen MR) is 78.8 cm³/mol.